The summed E-state index contributed by atoms with van der Waals surface area (Å²) < 4.78 is 0. The fraction of sp³-hybridized carbons (Fsp3) is 0.462. The summed E-state index contributed by atoms with van der Waals surface area (Å²) in [6.45, 7) is 3.01. The van der Waals surface area contributed by atoms with Gasteiger partial charge in [0.15, 0.2) is 0 Å². The van der Waals surface area contributed by atoms with Crippen LogP contribution in [0.2, 0.25) is 0 Å². The van der Waals surface area contributed by atoms with Crippen LogP contribution in [-0.4, -0.2) is 23.4 Å². The molecule has 1 atom stereocenters. The lowest BCUT2D eigenvalue weighted by molar-refractivity contribution is 0.0635. The summed E-state index contributed by atoms with van der Waals surface area (Å²) in [7, 11) is 0. The van der Waals surface area contributed by atoms with E-state index in [0.29, 0.717) is 6.04 Å². The highest BCUT2D eigenvalue weighted by atomic mass is 32.1. The van der Waals surface area contributed by atoms with Gasteiger partial charge in [0.1, 0.15) is 0 Å². The van der Waals surface area contributed by atoms with Crippen LogP contribution in [0.3, 0.4) is 0 Å². The predicted octanol–water partition coefficient (Wildman–Crippen LogP) is 2.99. The number of carbonyl (C=O) groups is 1. The predicted molar refractivity (Wildman–Crippen MR) is 68.0 cm³/mol. The Morgan fingerprint density at radius 1 is 1.44 bits per heavy atom. The molecule has 0 bridgehead atoms. The number of likely N-dealkylation sites (tertiary alicyclic amines) is 1. The average molecular weight is 235 g/mol. The van der Waals surface area contributed by atoms with E-state index in [0.717, 1.165) is 29.8 Å². The van der Waals surface area contributed by atoms with Crippen LogP contribution < -0.4 is 0 Å². The highest BCUT2D eigenvalue weighted by Crippen LogP contribution is 2.20. The lowest BCUT2D eigenvalue weighted by Crippen LogP contribution is -2.42. The number of benzene rings is 1. The number of thiol groups is 1. The van der Waals surface area contributed by atoms with Gasteiger partial charge in [-0.3, -0.25) is 4.79 Å². The van der Waals surface area contributed by atoms with Gasteiger partial charge in [0, 0.05) is 23.0 Å². The maximum Gasteiger partial charge on any atom is 0.254 e. The van der Waals surface area contributed by atoms with E-state index in [1.54, 1.807) is 0 Å². The van der Waals surface area contributed by atoms with Crippen molar-refractivity contribution in [3.05, 3.63) is 29.8 Å². The first kappa shape index (κ1) is 11.5. The van der Waals surface area contributed by atoms with Gasteiger partial charge in [0.2, 0.25) is 0 Å². The molecule has 86 valence electrons. The molecule has 1 aromatic rings. The second-order valence-electron chi connectivity index (χ2n) is 4.39. The Hall–Kier alpha value is -0.960. The lowest BCUT2D eigenvalue weighted by Gasteiger charge is -2.33. The third kappa shape index (κ3) is 2.40. The Balaban J connectivity index is 2.17. The molecule has 1 amide bonds. The smallest absolute Gasteiger partial charge is 0.254 e. The van der Waals surface area contributed by atoms with Crippen molar-refractivity contribution in [3.8, 4) is 0 Å². The lowest BCUT2D eigenvalue weighted by atomic mass is 10.0. The van der Waals surface area contributed by atoms with Crippen molar-refractivity contribution in [2.45, 2.75) is 37.1 Å². The van der Waals surface area contributed by atoms with Crippen molar-refractivity contribution in [1.29, 1.82) is 0 Å². The number of amides is 1. The van der Waals surface area contributed by atoms with Crippen LogP contribution in [-0.2, 0) is 0 Å². The van der Waals surface area contributed by atoms with Crippen LogP contribution in [0, 0.1) is 0 Å². The standard InChI is InChI=1S/C13H17NOS/c1-10-5-2-3-8-14(10)13(15)11-6-4-7-12(16)9-11/h4,6-7,9-10,16H,2-3,5,8H2,1H3. The fourth-order valence-corrected chi connectivity index (χ4v) is 2.43. The molecule has 16 heavy (non-hydrogen) atoms. The molecular weight excluding hydrogens is 218 g/mol. The number of carbonyl (C=O) groups excluding carboxylic acids is 1. The minimum Gasteiger partial charge on any atom is -0.336 e. The molecule has 0 aliphatic carbocycles. The zero-order valence-electron chi connectivity index (χ0n) is 9.52. The highest BCUT2D eigenvalue weighted by Gasteiger charge is 2.23. The van der Waals surface area contributed by atoms with Gasteiger partial charge in [0.05, 0.1) is 0 Å². The number of hydrogen-bond donors (Lipinski definition) is 1. The Kier molecular flexibility index (Phi) is 3.54. The van der Waals surface area contributed by atoms with E-state index in [-0.39, 0.29) is 5.91 Å². The number of hydrogen-bond acceptors (Lipinski definition) is 2. The van der Waals surface area contributed by atoms with Crippen LogP contribution in [0.4, 0.5) is 0 Å². The molecule has 2 rings (SSSR count). The zero-order valence-corrected chi connectivity index (χ0v) is 10.4. The van der Waals surface area contributed by atoms with Gasteiger partial charge in [-0.2, -0.15) is 0 Å². The quantitative estimate of drug-likeness (QED) is 0.742. The minimum atomic E-state index is 0.142. The molecule has 1 aliphatic rings. The second-order valence-corrected chi connectivity index (χ2v) is 4.91. The second kappa shape index (κ2) is 4.91. The van der Waals surface area contributed by atoms with Crippen molar-refractivity contribution in [2.24, 2.45) is 0 Å². The summed E-state index contributed by atoms with van der Waals surface area (Å²) >= 11 is 4.26. The van der Waals surface area contributed by atoms with E-state index in [2.05, 4.69) is 19.6 Å². The van der Waals surface area contributed by atoms with Gasteiger partial charge < -0.3 is 4.90 Å². The summed E-state index contributed by atoms with van der Waals surface area (Å²) in [6.07, 6.45) is 3.47. The highest BCUT2D eigenvalue weighted by molar-refractivity contribution is 7.80. The summed E-state index contributed by atoms with van der Waals surface area (Å²) in [5, 5.41) is 0. The molecule has 1 aromatic carbocycles. The third-order valence-corrected chi connectivity index (χ3v) is 3.44. The van der Waals surface area contributed by atoms with Crippen LogP contribution in [0.5, 0.6) is 0 Å². The molecule has 0 N–H and O–H groups in total. The van der Waals surface area contributed by atoms with E-state index in [1.807, 2.05) is 29.2 Å². The normalized spacial score (nSPS) is 20.9. The minimum absolute atomic E-state index is 0.142. The van der Waals surface area contributed by atoms with Gasteiger partial charge >= 0.3 is 0 Å². The number of rotatable bonds is 1. The molecule has 1 heterocycles. The molecule has 0 spiro atoms. The van der Waals surface area contributed by atoms with Crippen LogP contribution >= 0.6 is 12.6 Å². The van der Waals surface area contributed by atoms with Crippen LogP contribution in [0.25, 0.3) is 0 Å². The first-order valence-electron chi connectivity index (χ1n) is 5.78. The maximum atomic E-state index is 12.3. The van der Waals surface area contributed by atoms with Gasteiger partial charge in [0.25, 0.3) is 5.91 Å². The van der Waals surface area contributed by atoms with Crippen molar-refractivity contribution in [1.82, 2.24) is 4.90 Å². The molecule has 0 radical (unpaired) electrons. The first-order valence-corrected chi connectivity index (χ1v) is 6.23. The third-order valence-electron chi connectivity index (χ3n) is 3.16. The van der Waals surface area contributed by atoms with Crippen LogP contribution in [0.15, 0.2) is 29.2 Å². The van der Waals surface area contributed by atoms with Crippen molar-refractivity contribution < 1.29 is 4.79 Å². The van der Waals surface area contributed by atoms with Gasteiger partial charge in [-0.1, -0.05) is 6.07 Å². The Bertz CT molecular complexity index is 391. The molecule has 0 aromatic heterocycles. The van der Waals surface area contributed by atoms with Gasteiger partial charge in [-0.25, -0.2) is 0 Å². The van der Waals surface area contributed by atoms with Gasteiger partial charge in [-0.15, -0.1) is 12.6 Å². The fourth-order valence-electron chi connectivity index (χ4n) is 2.20. The molecular formula is C13H17NOS. The largest absolute Gasteiger partial charge is 0.336 e. The molecule has 0 saturated carbocycles. The summed E-state index contributed by atoms with van der Waals surface area (Å²) in [4.78, 5) is 15.1. The van der Waals surface area contributed by atoms with Crippen molar-refractivity contribution >= 4 is 18.5 Å². The molecule has 2 nitrogen and oxygen atoms in total. The van der Waals surface area contributed by atoms with Crippen molar-refractivity contribution in [2.75, 3.05) is 6.54 Å². The molecule has 3 heteroatoms. The van der Waals surface area contributed by atoms with E-state index < -0.39 is 0 Å². The summed E-state index contributed by atoms with van der Waals surface area (Å²) in [6, 6.07) is 7.84. The van der Waals surface area contributed by atoms with Crippen LogP contribution in [0.1, 0.15) is 36.5 Å². The van der Waals surface area contributed by atoms with E-state index >= 15 is 0 Å². The summed E-state index contributed by atoms with van der Waals surface area (Å²) in [5.41, 5.74) is 0.751. The van der Waals surface area contributed by atoms with E-state index in [9.17, 15) is 4.79 Å². The number of piperidine rings is 1. The van der Waals surface area contributed by atoms with Crippen molar-refractivity contribution in [3.63, 3.8) is 0 Å². The Morgan fingerprint density at radius 2 is 2.25 bits per heavy atom. The number of nitrogens with zero attached hydrogens (tertiary/aromatic N) is 1. The Labute approximate surface area is 102 Å². The Morgan fingerprint density at radius 3 is 2.94 bits per heavy atom. The van der Waals surface area contributed by atoms with E-state index in [1.165, 1.54) is 6.42 Å². The van der Waals surface area contributed by atoms with Gasteiger partial charge in [-0.05, 0) is 44.4 Å². The zero-order chi connectivity index (χ0) is 11.5. The molecule has 1 fully saturated rings. The monoisotopic (exact) mass is 235 g/mol. The first-order chi connectivity index (χ1) is 7.68. The molecule has 1 saturated heterocycles. The van der Waals surface area contributed by atoms with E-state index in [4.69, 9.17) is 0 Å². The average Bonchev–Trinajstić information content (AvgIpc) is 2.29. The molecule has 1 aliphatic heterocycles. The molecule has 1 unspecified atom stereocenters. The SMILES string of the molecule is CC1CCCCN1C(=O)c1cccc(S)c1. The summed E-state index contributed by atoms with van der Waals surface area (Å²) in [5.74, 6) is 0.142. The topological polar surface area (TPSA) is 20.3 Å². The maximum absolute atomic E-state index is 12.3.